The second-order valence-electron chi connectivity index (χ2n) is 12.3. The lowest BCUT2D eigenvalue weighted by atomic mass is 10.0. The Bertz CT molecular complexity index is 1690. The quantitative estimate of drug-likeness (QED) is 0.203. The molecule has 2 heterocycles. The normalized spacial score (nSPS) is 13.3. The molecule has 4 rings (SSSR count). The van der Waals surface area contributed by atoms with Gasteiger partial charge in [0.05, 0.1) is 11.6 Å². The van der Waals surface area contributed by atoms with Gasteiger partial charge >= 0.3 is 12.2 Å². The topological polar surface area (TPSA) is 115 Å². The number of rotatable bonds is 8. The van der Waals surface area contributed by atoms with Crippen molar-refractivity contribution in [3.05, 3.63) is 76.9 Å². The SMILES string of the molecule is CC(C)(C)OC(=O)N(C(=O)OC(C)(C)C)c1nc2cc(-c3ccc(Cl)c(OCCC(F)C(O)c4ccc(F)cc4)c3F)ccn2n1. The van der Waals surface area contributed by atoms with E-state index in [2.05, 4.69) is 10.1 Å². The zero-order valence-corrected chi connectivity index (χ0v) is 26.8. The number of benzene rings is 2. The number of aliphatic hydroxyl groups is 1. The fourth-order valence-corrected chi connectivity index (χ4v) is 4.37. The molecule has 0 fully saturated rings. The Morgan fingerprint density at radius 2 is 1.59 bits per heavy atom. The van der Waals surface area contributed by atoms with Crippen LogP contribution in [0, 0.1) is 11.6 Å². The summed E-state index contributed by atoms with van der Waals surface area (Å²) in [5.41, 5.74) is -1.16. The van der Waals surface area contributed by atoms with Crippen molar-refractivity contribution < 1.29 is 42.1 Å². The highest BCUT2D eigenvalue weighted by atomic mass is 35.5. The van der Waals surface area contributed by atoms with Gasteiger partial charge in [0, 0.05) is 18.2 Å². The van der Waals surface area contributed by atoms with Crippen molar-refractivity contribution in [2.45, 2.75) is 71.4 Å². The smallest absolute Gasteiger partial charge is 0.427 e. The Morgan fingerprint density at radius 3 is 2.17 bits per heavy atom. The van der Waals surface area contributed by atoms with Gasteiger partial charge < -0.3 is 19.3 Å². The van der Waals surface area contributed by atoms with Crippen molar-refractivity contribution in [3.8, 4) is 16.9 Å². The number of anilines is 1. The fraction of sp³-hybridized carbons (Fsp3) is 0.375. The summed E-state index contributed by atoms with van der Waals surface area (Å²) >= 11 is 6.20. The van der Waals surface area contributed by atoms with Gasteiger partial charge in [-0.2, -0.15) is 4.98 Å². The first-order valence-corrected chi connectivity index (χ1v) is 14.6. The van der Waals surface area contributed by atoms with Gasteiger partial charge in [0.2, 0.25) is 0 Å². The summed E-state index contributed by atoms with van der Waals surface area (Å²) in [6.07, 6.45) is -4.27. The van der Waals surface area contributed by atoms with Crippen LogP contribution in [0.1, 0.15) is 59.6 Å². The molecule has 2 atom stereocenters. The first-order chi connectivity index (χ1) is 21.4. The molecule has 2 unspecified atom stereocenters. The molecule has 0 aliphatic carbocycles. The Balaban J connectivity index is 1.57. The summed E-state index contributed by atoms with van der Waals surface area (Å²) in [4.78, 5) is 30.9. The number of amides is 2. The van der Waals surface area contributed by atoms with Crippen molar-refractivity contribution in [1.82, 2.24) is 14.6 Å². The maximum atomic E-state index is 15.7. The van der Waals surface area contributed by atoms with Crippen LogP contribution in [0.4, 0.5) is 28.7 Å². The third-order valence-corrected chi connectivity index (χ3v) is 6.53. The number of halogens is 4. The molecule has 46 heavy (non-hydrogen) atoms. The van der Waals surface area contributed by atoms with Gasteiger partial charge in [-0.3, -0.25) is 0 Å². The van der Waals surface area contributed by atoms with Crippen molar-refractivity contribution in [2.75, 3.05) is 11.5 Å². The Morgan fingerprint density at radius 1 is 0.978 bits per heavy atom. The van der Waals surface area contributed by atoms with Crippen LogP contribution in [-0.2, 0) is 9.47 Å². The minimum Gasteiger partial charge on any atom is -0.489 e. The number of hydrogen-bond acceptors (Lipinski definition) is 8. The molecule has 0 bridgehead atoms. The molecule has 1 N–H and O–H groups in total. The van der Waals surface area contributed by atoms with Crippen LogP contribution in [0.5, 0.6) is 5.75 Å². The lowest BCUT2D eigenvalue weighted by Crippen LogP contribution is -2.44. The summed E-state index contributed by atoms with van der Waals surface area (Å²) in [5, 5.41) is 14.4. The molecule has 2 aromatic heterocycles. The number of aliphatic hydroxyl groups excluding tert-OH is 1. The number of carbonyl (C=O) groups excluding carboxylic acids is 2. The number of imide groups is 1. The molecular weight excluding hydrogens is 629 g/mol. The van der Waals surface area contributed by atoms with E-state index in [4.69, 9.17) is 25.8 Å². The fourth-order valence-electron chi connectivity index (χ4n) is 4.17. The molecule has 0 saturated heterocycles. The number of pyridine rings is 1. The van der Waals surface area contributed by atoms with Crippen LogP contribution < -0.4 is 9.64 Å². The minimum absolute atomic E-state index is 0.0609. The van der Waals surface area contributed by atoms with Gasteiger partial charge in [0.15, 0.2) is 17.2 Å². The number of aromatic nitrogens is 3. The third-order valence-electron chi connectivity index (χ3n) is 6.23. The Labute approximate surface area is 268 Å². The monoisotopic (exact) mass is 662 g/mol. The number of nitrogens with zero attached hydrogens (tertiary/aromatic N) is 4. The zero-order chi connectivity index (χ0) is 34.0. The molecule has 246 valence electrons. The van der Waals surface area contributed by atoms with E-state index in [0.717, 1.165) is 12.1 Å². The summed E-state index contributed by atoms with van der Waals surface area (Å²) in [6, 6.07) is 10.6. The summed E-state index contributed by atoms with van der Waals surface area (Å²) in [5.74, 6) is -2.02. The number of ether oxygens (including phenoxy) is 3. The van der Waals surface area contributed by atoms with E-state index in [0.29, 0.717) is 10.5 Å². The van der Waals surface area contributed by atoms with Crippen molar-refractivity contribution in [2.24, 2.45) is 0 Å². The van der Waals surface area contributed by atoms with E-state index in [1.165, 1.54) is 47.1 Å². The van der Waals surface area contributed by atoms with Gasteiger partial charge in [0.25, 0.3) is 5.95 Å². The predicted molar refractivity (Wildman–Crippen MR) is 165 cm³/mol. The molecular formula is C32H34ClF3N4O6. The molecule has 2 aromatic carbocycles. The van der Waals surface area contributed by atoms with Crippen LogP contribution in [0.3, 0.4) is 0 Å². The molecule has 0 spiro atoms. The maximum Gasteiger partial charge on any atom is 0.427 e. The van der Waals surface area contributed by atoms with Crippen LogP contribution in [0.2, 0.25) is 5.02 Å². The standard InChI is InChI=1S/C32H34ClF3N4O6/c1-31(2,3)45-29(42)40(30(43)46-32(4,5)6)28-37-24-17-19(13-15-39(24)38-28)21-11-12-22(33)27(25(21)36)44-16-14-23(35)26(41)18-7-9-20(34)10-8-18/h7-13,15,17,23,26,41H,14,16H2,1-6H3. The predicted octanol–water partition coefficient (Wildman–Crippen LogP) is 7.85. The maximum absolute atomic E-state index is 15.7. The summed E-state index contributed by atoms with van der Waals surface area (Å²) in [7, 11) is 0. The first kappa shape index (κ1) is 34.5. The van der Waals surface area contributed by atoms with Crippen LogP contribution >= 0.6 is 11.6 Å². The second kappa shape index (κ2) is 13.6. The van der Waals surface area contributed by atoms with E-state index in [1.54, 1.807) is 41.5 Å². The van der Waals surface area contributed by atoms with E-state index >= 15 is 4.39 Å². The van der Waals surface area contributed by atoms with E-state index in [-0.39, 0.29) is 46.5 Å². The van der Waals surface area contributed by atoms with Gasteiger partial charge in [0.1, 0.15) is 29.3 Å². The van der Waals surface area contributed by atoms with Crippen molar-refractivity contribution >= 4 is 35.4 Å². The lowest BCUT2D eigenvalue weighted by molar-refractivity contribution is 0.0427. The number of hydrogen-bond donors (Lipinski definition) is 1. The number of alkyl halides is 1. The van der Waals surface area contributed by atoms with Gasteiger partial charge in [-0.15, -0.1) is 10.00 Å². The van der Waals surface area contributed by atoms with Crippen molar-refractivity contribution in [1.29, 1.82) is 0 Å². The Hall–Kier alpha value is -4.36. The highest BCUT2D eigenvalue weighted by Gasteiger charge is 2.35. The minimum atomic E-state index is -1.78. The van der Waals surface area contributed by atoms with Gasteiger partial charge in [-0.1, -0.05) is 23.7 Å². The first-order valence-electron chi connectivity index (χ1n) is 14.2. The molecule has 0 aliphatic rings. The van der Waals surface area contributed by atoms with Gasteiger partial charge in [-0.25, -0.2) is 27.3 Å². The number of carbonyl (C=O) groups is 2. The van der Waals surface area contributed by atoms with Crippen LogP contribution in [0.15, 0.2) is 54.7 Å². The van der Waals surface area contributed by atoms with Crippen molar-refractivity contribution in [3.63, 3.8) is 0 Å². The summed E-state index contributed by atoms with van der Waals surface area (Å²) < 4.78 is 61.1. The average Bonchev–Trinajstić information content (AvgIpc) is 3.35. The van der Waals surface area contributed by atoms with Crippen LogP contribution in [-0.4, -0.2) is 55.9 Å². The van der Waals surface area contributed by atoms with E-state index < -0.39 is 47.3 Å². The van der Waals surface area contributed by atoms with E-state index in [1.807, 2.05) is 0 Å². The summed E-state index contributed by atoms with van der Waals surface area (Å²) in [6.45, 7) is 9.47. The number of fused-ring (bicyclic) bond motifs is 1. The highest BCUT2D eigenvalue weighted by Crippen LogP contribution is 2.36. The highest BCUT2D eigenvalue weighted by molar-refractivity contribution is 6.32. The molecule has 0 aliphatic heterocycles. The largest absolute Gasteiger partial charge is 0.489 e. The van der Waals surface area contributed by atoms with Gasteiger partial charge in [-0.05, 0) is 89.1 Å². The molecule has 0 radical (unpaired) electrons. The molecule has 4 aromatic rings. The second-order valence-corrected chi connectivity index (χ2v) is 12.7. The lowest BCUT2D eigenvalue weighted by Gasteiger charge is -2.26. The molecule has 0 saturated carbocycles. The third kappa shape index (κ3) is 8.46. The zero-order valence-electron chi connectivity index (χ0n) is 26.1. The molecule has 14 heteroatoms. The van der Waals surface area contributed by atoms with E-state index in [9.17, 15) is 23.5 Å². The Kier molecular flexibility index (Phi) is 10.2. The van der Waals surface area contributed by atoms with Crippen LogP contribution in [0.25, 0.3) is 16.8 Å². The molecule has 10 nitrogen and oxygen atoms in total. The molecule has 2 amide bonds. The average molecular weight is 663 g/mol.